The van der Waals surface area contributed by atoms with E-state index in [1.165, 1.54) is 18.5 Å². The minimum atomic E-state index is -0.940. The first-order valence-electron chi connectivity index (χ1n) is 3.47. The molecule has 0 unspecified atom stereocenters. The zero-order valence-corrected chi connectivity index (χ0v) is 6.74. The van der Waals surface area contributed by atoms with Gasteiger partial charge in [0.1, 0.15) is 0 Å². The third kappa shape index (κ3) is 1.34. The van der Waals surface area contributed by atoms with Gasteiger partial charge in [-0.2, -0.15) is 0 Å². The minimum absolute atomic E-state index is 0.278. The van der Waals surface area contributed by atoms with Gasteiger partial charge in [0.2, 0.25) is 0 Å². The molecule has 1 aromatic heterocycles. The molecule has 3 heteroatoms. The molecule has 0 saturated heterocycles. The Labute approximate surface area is 70.4 Å². The van der Waals surface area contributed by atoms with E-state index >= 15 is 0 Å². The van der Waals surface area contributed by atoms with Crippen LogP contribution in [0.25, 0.3) is 6.08 Å². The molecule has 0 aliphatic carbocycles. The lowest BCUT2D eigenvalue weighted by atomic mass is 10.1. The van der Waals surface area contributed by atoms with E-state index in [1.807, 2.05) is 0 Å². The molecular weight excluding hydrogens is 154 g/mol. The number of hydrogen-bond acceptors (Lipinski definition) is 2. The van der Waals surface area contributed by atoms with Crippen LogP contribution in [0.2, 0.25) is 0 Å². The highest BCUT2D eigenvalue weighted by molar-refractivity contribution is 5.93. The maximum absolute atomic E-state index is 10.7. The number of carboxylic acid groups (broad SMARTS) is 1. The summed E-state index contributed by atoms with van der Waals surface area (Å²) in [6.45, 7) is 5.22. The third-order valence-electron chi connectivity index (χ3n) is 1.60. The molecule has 0 aromatic carbocycles. The van der Waals surface area contributed by atoms with Gasteiger partial charge >= 0.3 is 5.97 Å². The molecule has 12 heavy (non-hydrogen) atoms. The zero-order chi connectivity index (χ0) is 9.14. The molecule has 1 rings (SSSR count). The largest absolute Gasteiger partial charge is 0.478 e. The van der Waals surface area contributed by atoms with Gasteiger partial charge in [0, 0.05) is 18.0 Å². The van der Waals surface area contributed by atoms with Crippen LogP contribution >= 0.6 is 0 Å². The fourth-order valence-electron chi connectivity index (χ4n) is 1.03. The third-order valence-corrected chi connectivity index (χ3v) is 1.60. The van der Waals surface area contributed by atoms with Crippen LogP contribution in [0.4, 0.5) is 0 Å². The summed E-state index contributed by atoms with van der Waals surface area (Å²) in [6.07, 6.45) is 4.50. The van der Waals surface area contributed by atoms with Gasteiger partial charge in [-0.3, -0.25) is 4.98 Å². The van der Waals surface area contributed by atoms with Crippen LogP contribution in [-0.2, 0) is 0 Å². The normalized spacial score (nSPS) is 9.42. The number of carboxylic acids is 1. The van der Waals surface area contributed by atoms with Crippen molar-refractivity contribution in [2.75, 3.05) is 0 Å². The van der Waals surface area contributed by atoms with Gasteiger partial charge in [0.25, 0.3) is 0 Å². The number of nitrogens with zero attached hydrogens (tertiary/aromatic N) is 1. The van der Waals surface area contributed by atoms with Gasteiger partial charge in [-0.05, 0) is 12.5 Å². The van der Waals surface area contributed by atoms with E-state index in [0.29, 0.717) is 11.1 Å². The SMILES string of the molecule is C=Cc1cncc(C)c1C(=O)O. The van der Waals surface area contributed by atoms with Gasteiger partial charge in [-0.15, -0.1) is 0 Å². The molecule has 0 aliphatic rings. The van der Waals surface area contributed by atoms with Crippen molar-refractivity contribution >= 4 is 12.0 Å². The van der Waals surface area contributed by atoms with Crippen molar-refractivity contribution in [3.05, 3.63) is 35.7 Å². The van der Waals surface area contributed by atoms with Crippen LogP contribution in [0.5, 0.6) is 0 Å². The second-order valence-corrected chi connectivity index (χ2v) is 2.43. The summed E-state index contributed by atoms with van der Waals surface area (Å²) in [7, 11) is 0. The molecule has 0 saturated carbocycles. The summed E-state index contributed by atoms with van der Waals surface area (Å²) in [5.74, 6) is -0.940. The lowest BCUT2D eigenvalue weighted by Crippen LogP contribution is -2.03. The number of rotatable bonds is 2. The summed E-state index contributed by atoms with van der Waals surface area (Å²) < 4.78 is 0. The fourth-order valence-corrected chi connectivity index (χ4v) is 1.03. The summed E-state index contributed by atoms with van der Waals surface area (Å²) in [5.41, 5.74) is 1.49. The van der Waals surface area contributed by atoms with Crippen molar-refractivity contribution in [3.8, 4) is 0 Å². The van der Waals surface area contributed by atoms with E-state index in [9.17, 15) is 4.79 Å². The standard InChI is InChI=1S/C9H9NO2/c1-3-7-5-10-4-6(2)8(7)9(11)12/h3-5H,1H2,2H3,(H,11,12). The van der Waals surface area contributed by atoms with Crippen molar-refractivity contribution in [1.29, 1.82) is 0 Å². The zero-order valence-electron chi connectivity index (χ0n) is 6.74. The van der Waals surface area contributed by atoms with Crippen molar-refractivity contribution in [1.82, 2.24) is 4.98 Å². The van der Waals surface area contributed by atoms with Crippen LogP contribution in [0, 0.1) is 6.92 Å². The molecule has 0 radical (unpaired) electrons. The lowest BCUT2D eigenvalue weighted by molar-refractivity contribution is 0.0696. The molecule has 0 aliphatic heterocycles. The first-order valence-corrected chi connectivity index (χ1v) is 3.47. The highest BCUT2D eigenvalue weighted by Crippen LogP contribution is 2.12. The molecular formula is C9H9NO2. The van der Waals surface area contributed by atoms with Crippen LogP contribution in [0.3, 0.4) is 0 Å². The summed E-state index contributed by atoms with van der Waals surface area (Å²) in [4.78, 5) is 14.6. The smallest absolute Gasteiger partial charge is 0.336 e. The molecule has 62 valence electrons. The molecule has 0 spiro atoms. The van der Waals surface area contributed by atoms with E-state index < -0.39 is 5.97 Å². The van der Waals surface area contributed by atoms with Crippen molar-refractivity contribution in [2.24, 2.45) is 0 Å². The molecule has 0 bridgehead atoms. The second kappa shape index (κ2) is 3.17. The number of carbonyl (C=O) groups is 1. The summed E-state index contributed by atoms with van der Waals surface area (Å²) >= 11 is 0. The lowest BCUT2D eigenvalue weighted by Gasteiger charge is -2.02. The molecule has 0 atom stereocenters. The number of hydrogen-bond donors (Lipinski definition) is 1. The van der Waals surface area contributed by atoms with Crippen molar-refractivity contribution in [2.45, 2.75) is 6.92 Å². The van der Waals surface area contributed by atoms with E-state index in [0.717, 1.165) is 0 Å². The number of aromatic nitrogens is 1. The maximum Gasteiger partial charge on any atom is 0.336 e. The molecule has 1 N–H and O–H groups in total. The average Bonchev–Trinajstić information content (AvgIpc) is 2.03. The number of aromatic carboxylic acids is 1. The molecule has 0 fully saturated rings. The summed E-state index contributed by atoms with van der Waals surface area (Å²) in [5, 5.41) is 8.80. The highest BCUT2D eigenvalue weighted by Gasteiger charge is 2.10. The summed E-state index contributed by atoms with van der Waals surface area (Å²) in [6, 6.07) is 0. The van der Waals surface area contributed by atoms with E-state index in [1.54, 1.807) is 6.92 Å². The first kappa shape index (κ1) is 8.46. The Hall–Kier alpha value is -1.64. The second-order valence-electron chi connectivity index (χ2n) is 2.43. The van der Waals surface area contributed by atoms with Crippen LogP contribution in [-0.4, -0.2) is 16.1 Å². The number of pyridine rings is 1. The van der Waals surface area contributed by atoms with Gasteiger partial charge in [-0.25, -0.2) is 4.79 Å². The van der Waals surface area contributed by atoms with Crippen LogP contribution in [0.15, 0.2) is 19.0 Å². The van der Waals surface area contributed by atoms with Gasteiger partial charge < -0.3 is 5.11 Å². The Kier molecular flexibility index (Phi) is 2.24. The molecule has 1 heterocycles. The minimum Gasteiger partial charge on any atom is -0.478 e. The topological polar surface area (TPSA) is 50.2 Å². The van der Waals surface area contributed by atoms with Gasteiger partial charge in [0.05, 0.1) is 5.56 Å². The Morgan fingerprint density at radius 2 is 2.33 bits per heavy atom. The predicted molar refractivity (Wildman–Crippen MR) is 46.0 cm³/mol. The number of aryl methyl sites for hydroxylation is 1. The molecule has 1 aromatic rings. The molecule has 0 amide bonds. The Morgan fingerprint density at radius 1 is 1.67 bits per heavy atom. The van der Waals surface area contributed by atoms with Crippen LogP contribution < -0.4 is 0 Å². The quantitative estimate of drug-likeness (QED) is 0.722. The van der Waals surface area contributed by atoms with Gasteiger partial charge in [0.15, 0.2) is 0 Å². The monoisotopic (exact) mass is 163 g/mol. The van der Waals surface area contributed by atoms with Crippen LogP contribution in [0.1, 0.15) is 21.5 Å². The Morgan fingerprint density at radius 3 is 2.75 bits per heavy atom. The molecule has 3 nitrogen and oxygen atoms in total. The predicted octanol–water partition coefficient (Wildman–Crippen LogP) is 1.73. The maximum atomic E-state index is 10.7. The van der Waals surface area contributed by atoms with Crippen molar-refractivity contribution in [3.63, 3.8) is 0 Å². The Balaban J connectivity index is 3.39. The van der Waals surface area contributed by atoms with Crippen molar-refractivity contribution < 1.29 is 9.90 Å². The average molecular weight is 163 g/mol. The fraction of sp³-hybridized carbons (Fsp3) is 0.111. The van der Waals surface area contributed by atoms with E-state index in [2.05, 4.69) is 11.6 Å². The van der Waals surface area contributed by atoms with Gasteiger partial charge in [-0.1, -0.05) is 12.7 Å². The van der Waals surface area contributed by atoms with E-state index in [4.69, 9.17) is 5.11 Å². The highest BCUT2D eigenvalue weighted by atomic mass is 16.4. The first-order chi connectivity index (χ1) is 5.66. The van der Waals surface area contributed by atoms with E-state index in [-0.39, 0.29) is 5.56 Å². The Bertz CT molecular complexity index is 331.